The molecule has 0 spiro atoms. The fourth-order valence-corrected chi connectivity index (χ4v) is 5.40. The average Bonchev–Trinajstić information content (AvgIpc) is 2.96. The first kappa shape index (κ1) is 31.4. The lowest BCUT2D eigenvalue weighted by atomic mass is 9.85. The zero-order valence-corrected chi connectivity index (χ0v) is 25.3. The molecule has 0 saturated carbocycles. The standard InChI is InChI=1S/C35H31F4NO5/c1-20-6-9-23(36)16-30(20)43-19-28-26(14-15-29-32(28)21(2)18-34(3,4)40-29)27-13-12-25(17-31(27)42-5)44-33(41)22-7-10-24(11-8-22)45-35(37,38)39/h6-18,40H,19H2,1-5H3. The number of ether oxygens (including phenoxy) is 4. The number of nitrogens with one attached hydrogen (secondary N) is 1. The summed E-state index contributed by atoms with van der Waals surface area (Å²) in [6.45, 7) is 8.16. The minimum atomic E-state index is -4.84. The van der Waals surface area contributed by atoms with Crippen molar-refractivity contribution in [2.24, 2.45) is 0 Å². The van der Waals surface area contributed by atoms with Gasteiger partial charge in [0.05, 0.1) is 18.2 Å². The van der Waals surface area contributed by atoms with Crippen LogP contribution < -0.4 is 24.3 Å². The highest BCUT2D eigenvalue weighted by Crippen LogP contribution is 2.43. The van der Waals surface area contributed by atoms with Crippen LogP contribution in [0.3, 0.4) is 0 Å². The number of fused-ring (bicyclic) bond motifs is 1. The molecule has 234 valence electrons. The van der Waals surface area contributed by atoms with Gasteiger partial charge in [-0.1, -0.05) is 18.2 Å². The highest BCUT2D eigenvalue weighted by molar-refractivity contribution is 5.92. The zero-order chi connectivity index (χ0) is 32.5. The van der Waals surface area contributed by atoms with Crippen molar-refractivity contribution in [1.29, 1.82) is 0 Å². The van der Waals surface area contributed by atoms with E-state index in [1.807, 2.05) is 26.0 Å². The SMILES string of the molecule is COc1cc(OC(=O)c2ccc(OC(F)(F)F)cc2)ccc1-c1ccc2c(c1COc1cc(F)ccc1C)C(C)=CC(C)(C)N2. The Labute approximate surface area is 258 Å². The summed E-state index contributed by atoms with van der Waals surface area (Å²) in [5.41, 5.74) is 5.81. The molecule has 0 radical (unpaired) electrons. The van der Waals surface area contributed by atoms with E-state index in [-0.39, 0.29) is 23.5 Å². The quantitative estimate of drug-likeness (QED) is 0.120. The van der Waals surface area contributed by atoms with Crippen molar-refractivity contribution < 1.29 is 41.3 Å². The number of aryl methyl sites for hydroxylation is 1. The van der Waals surface area contributed by atoms with Crippen LogP contribution in [-0.4, -0.2) is 25.0 Å². The molecule has 6 nitrogen and oxygen atoms in total. The van der Waals surface area contributed by atoms with E-state index >= 15 is 0 Å². The molecule has 0 amide bonds. The predicted molar refractivity (Wildman–Crippen MR) is 163 cm³/mol. The van der Waals surface area contributed by atoms with Gasteiger partial charge in [0.25, 0.3) is 0 Å². The number of halogens is 4. The molecule has 0 aliphatic carbocycles. The van der Waals surface area contributed by atoms with E-state index in [0.29, 0.717) is 17.1 Å². The first-order chi connectivity index (χ1) is 21.2. The van der Waals surface area contributed by atoms with Crippen molar-refractivity contribution in [3.63, 3.8) is 0 Å². The molecule has 0 bridgehead atoms. The molecule has 10 heteroatoms. The molecular formula is C35H31F4NO5. The lowest BCUT2D eigenvalue weighted by molar-refractivity contribution is -0.274. The number of esters is 1. The first-order valence-electron chi connectivity index (χ1n) is 14.0. The summed E-state index contributed by atoms with van der Waals surface area (Å²) < 4.78 is 72.7. The van der Waals surface area contributed by atoms with Crippen molar-refractivity contribution in [3.05, 3.63) is 107 Å². The summed E-state index contributed by atoms with van der Waals surface area (Å²) in [6.07, 6.45) is -2.71. The Balaban J connectivity index is 1.48. The third kappa shape index (κ3) is 7.22. The molecule has 0 saturated heterocycles. The monoisotopic (exact) mass is 621 g/mol. The highest BCUT2D eigenvalue weighted by Gasteiger charge is 2.31. The summed E-state index contributed by atoms with van der Waals surface area (Å²) in [6, 6.07) is 17.7. The molecule has 1 N–H and O–H groups in total. The van der Waals surface area contributed by atoms with Crippen LogP contribution in [-0.2, 0) is 6.61 Å². The van der Waals surface area contributed by atoms with E-state index in [2.05, 4.69) is 30.0 Å². The van der Waals surface area contributed by atoms with Crippen LogP contribution in [0.5, 0.6) is 23.0 Å². The van der Waals surface area contributed by atoms with Gasteiger partial charge in [0.2, 0.25) is 0 Å². The van der Waals surface area contributed by atoms with Crippen LogP contribution in [0.4, 0.5) is 23.2 Å². The number of anilines is 1. The number of alkyl halides is 3. The number of allylic oxidation sites excluding steroid dienone is 1. The van der Waals surface area contributed by atoms with E-state index in [9.17, 15) is 22.4 Å². The smallest absolute Gasteiger partial charge is 0.496 e. The van der Waals surface area contributed by atoms with Crippen LogP contribution in [0.25, 0.3) is 16.7 Å². The second kappa shape index (κ2) is 12.2. The van der Waals surface area contributed by atoms with Crippen LogP contribution >= 0.6 is 0 Å². The maximum atomic E-state index is 14.1. The molecule has 4 aromatic rings. The first-order valence-corrected chi connectivity index (χ1v) is 14.0. The van der Waals surface area contributed by atoms with Gasteiger partial charge in [-0.3, -0.25) is 0 Å². The molecular weight excluding hydrogens is 590 g/mol. The molecule has 5 rings (SSSR count). The predicted octanol–water partition coefficient (Wildman–Crippen LogP) is 9.11. The number of benzene rings is 4. The molecule has 1 heterocycles. The molecule has 0 unspecified atom stereocenters. The fraction of sp³-hybridized carbons (Fsp3) is 0.229. The summed E-state index contributed by atoms with van der Waals surface area (Å²) in [5.74, 6) is -0.623. The van der Waals surface area contributed by atoms with Crippen molar-refractivity contribution >= 4 is 17.2 Å². The van der Waals surface area contributed by atoms with Crippen molar-refractivity contribution in [3.8, 4) is 34.1 Å². The molecule has 1 aliphatic rings. The van der Waals surface area contributed by atoms with Gasteiger partial charge >= 0.3 is 12.3 Å². The Morgan fingerprint density at radius 1 is 0.867 bits per heavy atom. The zero-order valence-electron chi connectivity index (χ0n) is 25.3. The van der Waals surface area contributed by atoms with Gasteiger partial charge < -0.3 is 24.3 Å². The van der Waals surface area contributed by atoms with Crippen LogP contribution in [0.2, 0.25) is 0 Å². The topological polar surface area (TPSA) is 66.0 Å². The second-order valence-corrected chi connectivity index (χ2v) is 11.2. The van der Waals surface area contributed by atoms with Crippen molar-refractivity contribution in [1.82, 2.24) is 0 Å². The Kier molecular flexibility index (Phi) is 8.51. The maximum absolute atomic E-state index is 14.1. The molecule has 0 atom stereocenters. The van der Waals surface area contributed by atoms with E-state index in [0.717, 1.165) is 45.6 Å². The number of hydrogen-bond acceptors (Lipinski definition) is 6. The van der Waals surface area contributed by atoms with Gasteiger partial charge in [-0.2, -0.15) is 0 Å². The largest absolute Gasteiger partial charge is 0.573 e. The number of carbonyl (C=O) groups excluding carboxylic acids is 1. The fourth-order valence-electron chi connectivity index (χ4n) is 5.40. The maximum Gasteiger partial charge on any atom is 0.573 e. The van der Waals surface area contributed by atoms with Crippen LogP contribution in [0.15, 0.2) is 78.9 Å². The van der Waals surface area contributed by atoms with Crippen LogP contribution in [0, 0.1) is 12.7 Å². The van der Waals surface area contributed by atoms with Gasteiger partial charge in [-0.25, -0.2) is 9.18 Å². The Bertz CT molecular complexity index is 1780. The lowest BCUT2D eigenvalue weighted by Crippen LogP contribution is -2.32. The Morgan fingerprint density at radius 2 is 1.56 bits per heavy atom. The van der Waals surface area contributed by atoms with Gasteiger partial charge in [0.15, 0.2) is 0 Å². The summed E-state index contributed by atoms with van der Waals surface area (Å²) >= 11 is 0. The number of methoxy groups -OCH3 is 1. The van der Waals surface area contributed by atoms with E-state index in [1.165, 1.54) is 31.4 Å². The molecule has 0 fully saturated rings. The second-order valence-electron chi connectivity index (χ2n) is 11.2. The Hall–Kier alpha value is -4.99. The van der Waals surface area contributed by atoms with E-state index < -0.39 is 23.9 Å². The summed E-state index contributed by atoms with van der Waals surface area (Å²) in [5, 5.41) is 3.55. The third-order valence-electron chi connectivity index (χ3n) is 7.26. The van der Waals surface area contributed by atoms with E-state index in [4.69, 9.17) is 14.2 Å². The summed E-state index contributed by atoms with van der Waals surface area (Å²) in [4.78, 5) is 12.8. The van der Waals surface area contributed by atoms with Crippen molar-refractivity contribution in [2.45, 2.75) is 46.2 Å². The van der Waals surface area contributed by atoms with E-state index in [1.54, 1.807) is 24.3 Å². The van der Waals surface area contributed by atoms with Gasteiger partial charge in [0, 0.05) is 34.5 Å². The third-order valence-corrected chi connectivity index (χ3v) is 7.26. The lowest BCUT2D eigenvalue weighted by Gasteiger charge is -2.33. The van der Waals surface area contributed by atoms with Crippen molar-refractivity contribution in [2.75, 3.05) is 12.4 Å². The average molecular weight is 622 g/mol. The normalized spacial score (nSPS) is 13.7. The van der Waals surface area contributed by atoms with Gasteiger partial charge in [-0.15, -0.1) is 13.2 Å². The number of hydrogen-bond donors (Lipinski definition) is 1. The van der Waals surface area contributed by atoms with Gasteiger partial charge in [-0.05, 0) is 92.9 Å². The molecule has 1 aliphatic heterocycles. The van der Waals surface area contributed by atoms with Gasteiger partial charge in [0.1, 0.15) is 35.4 Å². The number of rotatable bonds is 8. The molecule has 4 aromatic carbocycles. The Morgan fingerprint density at radius 3 is 2.24 bits per heavy atom. The minimum Gasteiger partial charge on any atom is -0.496 e. The minimum absolute atomic E-state index is 0.0343. The van der Waals surface area contributed by atoms with Crippen LogP contribution in [0.1, 0.15) is 47.8 Å². The highest BCUT2D eigenvalue weighted by atomic mass is 19.4. The molecule has 0 aromatic heterocycles. The number of carbonyl (C=O) groups is 1. The summed E-state index contributed by atoms with van der Waals surface area (Å²) in [7, 11) is 1.49. The molecule has 45 heavy (non-hydrogen) atoms.